The summed E-state index contributed by atoms with van der Waals surface area (Å²) in [5.74, 6) is 1.70. The van der Waals surface area contributed by atoms with Crippen molar-refractivity contribution in [2.75, 3.05) is 19.0 Å². The van der Waals surface area contributed by atoms with Crippen LogP contribution in [0.4, 0.5) is 5.69 Å². The maximum atomic E-state index is 6.01. The standard InChI is InChI=1S/C16H16ClNO2/c1-19-16-9-13(3-4-14(16)17)18-10-11-2-5-15-12(8-11)6-7-20-15/h2-5,8-9,18H,6-7,10H2,1H3. The summed E-state index contributed by atoms with van der Waals surface area (Å²) < 4.78 is 10.7. The van der Waals surface area contributed by atoms with Crippen LogP contribution in [-0.4, -0.2) is 13.7 Å². The van der Waals surface area contributed by atoms with Crippen molar-refractivity contribution in [1.82, 2.24) is 0 Å². The molecule has 104 valence electrons. The van der Waals surface area contributed by atoms with Crippen LogP contribution in [0.5, 0.6) is 11.5 Å². The van der Waals surface area contributed by atoms with Gasteiger partial charge in [-0.25, -0.2) is 0 Å². The first-order chi connectivity index (χ1) is 9.76. The third kappa shape index (κ3) is 2.68. The Kier molecular flexibility index (Phi) is 3.70. The molecule has 4 heteroatoms. The van der Waals surface area contributed by atoms with Crippen molar-refractivity contribution < 1.29 is 9.47 Å². The van der Waals surface area contributed by atoms with E-state index in [2.05, 4.69) is 17.4 Å². The minimum Gasteiger partial charge on any atom is -0.495 e. The van der Waals surface area contributed by atoms with Crippen molar-refractivity contribution in [1.29, 1.82) is 0 Å². The second-order valence-electron chi connectivity index (χ2n) is 4.74. The topological polar surface area (TPSA) is 30.5 Å². The van der Waals surface area contributed by atoms with E-state index in [9.17, 15) is 0 Å². The van der Waals surface area contributed by atoms with Gasteiger partial charge < -0.3 is 14.8 Å². The number of ether oxygens (including phenoxy) is 2. The molecule has 0 fully saturated rings. The van der Waals surface area contributed by atoms with Gasteiger partial charge in [0.15, 0.2) is 0 Å². The molecule has 0 unspecified atom stereocenters. The molecule has 0 aliphatic carbocycles. The van der Waals surface area contributed by atoms with Gasteiger partial charge in [-0.3, -0.25) is 0 Å². The molecular formula is C16H16ClNO2. The third-order valence-electron chi connectivity index (χ3n) is 3.40. The van der Waals surface area contributed by atoms with Crippen molar-refractivity contribution >= 4 is 17.3 Å². The molecule has 1 aliphatic heterocycles. The van der Waals surface area contributed by atoms with Crippen LogP contribution in [-0.2, 0) is 13.0 Å². The Morgan fingerprint density at radius 3 is 3.00 bits per heavy atom. The van der Waals surface area contributed by atoms with Crippen molar-refractivity contribution in [3.8, 4) is 11.5 Å². The van der Waals surface area contributed by atoms with E-state index >= 15 is 0 Å². The summed E-state index contributed by atoms with van der Waals surface area (Å²) in [6, 6.07) is 12.0. The number of fused-ring (bicyclic) bond motifs is 1. The van der Waals surface area contributed by atoms with Crippen LogP contribution < -0.4 is 14.8 Å². The van der Waals surface area contributed by atoms with Crippen LogP contribution in [0, 0.1) is 0 Å². The van der Waals surface area contributed by atoms with Gasteiger partial charge >= 0.3 is 0 Å². The molecule has 2 aromatic rings. The fourth-order valence-corrected chi connectivity index (χ4v) is 2.52. The average molecular weight is 290 g/mol. The van der Waals surface area contributed by atoms with E-state index in [-0.39, 0.29) is 0 Å². The van der Waals surface area contributed by atoms with Crippen LogP contribution >= 0.6 is 11.6 Å². The number of benzene rings is 2. The van der Waals surface area contributed by atoms with Gasteiger partial charge in [-0.1, -0.05) is 23.7 Å². The number of nitrogens with one attached hydrogen (secondary N) is 1. The highest BCUT2D eigenvalue weighted by molar-refractivity contribution is 6.32. The lowest BCUT2D eigenvalue weighted by atomic mass is 10.1. The highest BCUT2D eigenvalue weighted by atomic mass is 35.5. The normalized spacial score (nSPS) is 12.7. The number of hydrogen-bond acceptors (Lipinski definition) is 3. The second-order valence-corrected chi connectivity index (χ2v) is 5.15. The zero-order valence-electron chi connectivity index (χ0n) is 11.3. The molecule has 0 aromatic heterocycles. The van der Waals surface area contributed by atoms with Gasteiger partial charge in [0, 0.05) is 24.7 Å². The number of hydrogen-bond donors (Lipinski definition) is 1. The molecule has 0 spiro atoms. The Morgan fingerprint density at radius 1 is 1.25 bits per heavy atom. The van der Waals surface area contributed by atoms with Crippen LogP contribution in [0.2, 0.25) is 5.02 Å². The van der Waals surface area contributed by atoms with Gasteiger partial charge in [-0.05, 0) is 29.3 Å². The minimum atomic E-state index is 0.618. The molecule has 20 heavy (non-hydrogen) atoms. The lowest BCUT2D eigenvalue weighted by Crippen LogP contribution is -2.00. The van der Waals surface area contributed by atoms with Crippen LogP contribution in [0.1, 0.15) is 11.1 Å². The summed E-state index contributed by atoms with van der Waals surface area (Å²) in [5, 5.41) is 3.99. The largest absolute Gasteiger partial charge is 0.495 e. The van der Waals surface area contributed by atoms with Crippen molar-refractivity contribution in [2.24, 2.45) is 0 Å². The fourth-order valence-electron chi connectivity index (χ4n) is 2.32. The molecule has 3 rings (SSSR count). The Balaban J connectivity index is 1.70. The summed E-state index contributed by atoms with van der Waals surface area (Å²) >= 11 is 6.01. The van der Waals surface area contributed by atoms with Crippen LogP contribution in [0.15, 0.2) is 36.4 Å². The van der Waals surface area contributed by atoms with Gasteiger partial charge in [-0.2, -0.15) is 0 Å². The quantitative estimate of drug-likeness (QED) is 0.926. The van der Waals surface area contributed by atoms with Gasteiger partial charge in [0.2, 0.25) is 0 Å². The molecule has 0 radical (unpaired) electrons. The van der Waals surface area contributed by atoms with Crippen molar-refractivity contribution in [3.63, 3.8) is 0 Å². The molecule has 0 saturated carbocycles. The first-order valence-corrected chi connectivity index (χ1v) is 6.96. The predicted molar refractivity (Wildman–Crippen MR) is 81.0 cm³/mol. The van der Waals surface area contributed by atoms with E-state index in [1.165, 1.54) is 11.1 Å². The van der Waals surface area contributed by atoms with Gasteiger partial charge in [0.05, 0.1) is 18.7 Å². The van der Waals surface area contributed by atoms with E-state index < -0.39 is 0 Å². The third-order valence-corrected chi connectivity index (χ3v) is 3.71. The maximum absolute atomic E-state index is 6.01. The highest BCUT2D eigenvalue weighted by Gasteiger charge is 2.11. The number of anilines is 1. The molecule has 3 nitrogen and oxygen atoms in total. The molecule has 1 N–H and O–H groups in total. The SMILES string of the molecule is COc1cc(NCc2ccc3c(c2)CCO3)ccc1Cl. The summed E-state index contributed by atoms with van der Waals surface area (Å²) in [4.78, 5) is 0. The highest BCUT2D eigenvalue weighted by Crippen LogP contribution is 2.28. The second kappa shape index (κ2) is 5.63. The Hall–Kier alpha value is -1.87. The van der Waals surface area contributed by atoms with E-state index in [4.69, 9.17) is 21.1 Å². The lowest BCUT2D eigenvalue weighted by Gasteiger charge is -2.10. The monoisotopic (exact) mass is 289 g/mol. The van der Waals surface area contributed by atoms with Gasteiger partial charge in [0.1, 0.15) is 11.5 Å². The fraction of sp³-hybridized carbons (Fsp3) is 0.250. The minimum absolute atomic E-state index is 0.618. The summed E-state index contributed by atoms with van der Waals surface area (Å²) in [6.45, 7) is 1.55. The molecule has 1 aliphatic rings. The zero-order chi connectivity index (χ0) is 13.9. The molecule has 2 aromatic carbocycles. The summed E-state index contributed by atoms with van der Waals surface area (Å²) in [7, 11) is 1.62. The number of methoxy groups -OCH3 is 1. The average Bonchev–Trinajstić information content (AvgIpc) is 2.94. The van der Waals surface area contributed by atoms with E-state index in [0.717, 1.165) is 31.0 Å². The smallest absolute Gasteiger partial charge is 0.139 e. The van der Waals surface area contributed by atoms with Crippen LogP contribution in [0.3, 0.4) is 0 Å². The van der Waals surface area contributed by atoms with Crippen molar-refractivity contribution in [3.05, 3.63) is 52.5 Å². The number of rotatable bonds is 4. The molecule has 0 atom stereocenters. The number of halogens is 1. The lowest BCUT2D eigenvalue weighted by molar-refractivity contribution is 0.357. The predicted octanol–water partition coefficient (Wildman–Crippen LogP) is 3.90. The van der Waals surface area contributed by atoms with E-state index in [1.807, 2.05) is 24.3 Å². The molecule has 0 amide bonds. The first kappa shape index (κ1) is 13.1. The Labute approximate surface area is 123 Å². The van der Waals surface area contributed by atoms with Gasteiger partial charge in [0.25, 0.3) is 0 Å². The van der Waals surface area contributed by atoms with E-state index in [1.54, 1.807) is 7.11 Å². The van der Waals surface area contributed by atoms with E-state index in [0.29, 0.717) is 10.8 Å². The maximum Gasteiger partial charge on any atom is 0.139 e. The summed E-state index contributed by atoms with van der Waals surface area (Å²) in [5.41, 5.74) is 3.52. The molecule has 1 heterocycles. The van der Waals surface area contributed by atoms with Crippen molar-refractivity contribution in [2.45, 2.75) is 13.0 Å². The van der Waals surface area contributed by atoms with Gasteiger partial charge in [-0.15, -0.1) is 0 Å². The molecule has 0 saturated heterocycles. The molecule has 0 bridgehead atoms. The molecular weight excluding hydrogens is 274 g/mol. The summed E-state index contributed by atoms with van der Waals surface area (Å²) in [6.07, 6.45) is 0.998. The van der Waals surface area contributed by atoms with Crippen LogP contribution in [0.25, 0.3) is 0 Å². The zero-order valence-corrected chi connectivity index (χ0v) is 12.0. The first-order valence-electron chi connectivity index (χ1n) is 6.58. The Bertz CT molecular complexity index is 617. The Morgan fingerprint density at radius 2 is 2.15 bits per heavy atom.